The number of amides is 2. The first-order valence-electron chi connectivity index (χ1n) is 9.77. The molecule has 9 heteroatoms. The number of nitrogens with zero attached hydrogens (tertiary/aromatic N) is 1. The largest absolute Gasteiger partial charge is 0.485 e. The van der Waals surface area contributed by atoms with Crippen molar-refractivity contribution in [1.82, 2.24) is 5.32 Å². The Kier molecular flexibility index (Phi) is 6.42. The molecule has 3 aromatic rings. The zero-order valence-electron chi connectivity index (χ0n) is 16.9. The molecule has 1 N–H and O–H groups in total. The fourth-order valence-corrected chi connectivity index (χ4v) is 3.32. The lowest BCUT2D eigenvalue weighted by molar-refractivity contribution is -0.125. The number of furan rings is 1. The highest BCUT2D eigenvalue weighted by atomic mass is 35.5. The van der Waals surface area contributed by atoms with Gasteiger partial charge in [-0.2, -0.15) is 0 Å². The van der Waals surface area contributed by atoms with Crippen LogP contribution in [0.15, 0.2) is 65.3 Å². The van der Waals surface area contributed by atoms with E-state index in [2.05, 4.69) is 5.32 Å². The summed E-state index contributed by atoms with van der Waals surface area (Å²) in [6.45, 7) is -0.412. The number of hydrogen-bond donors (Lipinski definition) is 1. The Hall–Kier alpha value is -3.78. The molecule has 0 spiro atoms. The predicted molar refractivity (Wildman–Crippen MR) is 116 cm³/mol. The summed E-state index contributed by atoms with van der Waals surface area (Å²) >= 11 is 5.93. The third-order valence-corrected chi connectivity index (χ3v) is 4.97. The third kappa shape index (κ3) is 5.09. The summed E-state index contributed by atoms with van der Waals surface area (Å²) in [5.41, 5.74) is 0.674. The molecule has 1 aromatic heterocycles. The molecule has 32 heavy (non-hydrogen) atoms. The van der Waals surface area contributed by atoms with Crippen LogP contribution in [-0.2, 0) is 16.1 Å². The summed E-state index contributed by atoms with van der Waals surface area (Å²) in [5, 5.41) is 3.20. The summed E-state index contributed by atoms with van der Waals surface area (Å²) in [4.78, 5) is 38.7. The van der Waals surface area contributed by atoms with Gasteiger partial charge in [-0.15, -0.1) is 0 Å². The molecule has 0 fully saturated rings. The molecular formula is C23H19ClN2O6. The molecule has 2 aromatic carbocycles. The molecule has 2 amide bonds. The van der Waals surface area contributed by atoms with Crippen LogP contribution >= 0.6 is 11.6 Å². The van der Waals surface area contributed by atoms with Crippen LogP contribution in [0.3, 0.4) is 0 Å². The highest BCUT2D eigenvalue weighted by Gasteiger charge is 2.28. The van der Waals surface area contributed by atoms with Crippen LogP contribution in [0.1, 0.15) is 16.1 Å². The van der Waals surface area contributed by atoms with Crippen molar-refractivity contribution in [2.24, 2.45) is 0 Å². The van der Waals surface area contributed by atoms with E-state index in [1.807, 2.05) is 0 Å². The van der Waals surface area contributed by atoms with Crippen LogP contribution < -0.4 is 19.7 Å². The average molecular weight is 455 g/mol. The molecule has 0 radical (unpaired) electrons. The van der Waals surface area contributed by atoms with E-state index in [-0.39, 0.29) is 43.9 Å². The molecule has 0 bridgehead atoms. The molecule has 1 aliphatic heterocycles. The molecule has 0 saturated carbocycles. The lowest BCUT2D eigenvalue weighted by atomic mass is 10.1. The van der Waals surface area contributed by atoms with Gasteiger partial charge in [-0.05, 0) is 48.5 Å². The Morgan fingerprint density at radius 2 is 2.00 bits per heavy atom. The molecule has 8 nitrogen and oxygen atoms in total. The number of anilines is 1. The van der Waals surface area contributed by atoms with Gasteiger partial charge < -0.3 is 19.2 Å². The van der Waals surface area contributed by atoms with E-state index in [4.69, 9.17) is 25.5 Å². The van der Waals surface area contributed by atoms with Crippen molar-refractivity contribution in [2.45, 2.75) is 6.54 Å². The lowest BCUT2D eigenvalue weighted by Crippen LogP contribution is -2.45. The van der Waals surface area contributed by atoms with Crippen molar-refractivity contribution in [3.05, 3.63) is 77.2 Å². The van der Waals surface area contributed by atoms with E-state index in [1.165, 1.54) is 17.2 Å². The third-order valence-electron chi connectivity index (χ3n) is 4.73. The maximum Gasteiger partial charge on any atom is 0.265 e. The second kappa shape index (κ2) is 9.57. The smallest absolute Gasteiger partial charge is 0.265 e. The van der Waals surface area contributed by atoms with Crippen molar-refractivity contribution >= 4 is 34.9 Å². The second-order valence-corrected chi connectivity index (χ2v) is 7.41. The molecule has 0 atom stereocenters. The molecule has 2 heterocycles. The number of ether oxygens (including phenoxy) is 2. The number of carbonyl (C=O) groups is 3. The number of rotatable bonds is 8. The van der Waals surface area contributed by atoms with Crippen molar-refractivity contribution in [1.29, 1.82) is 0 Å². The van der Waals surface area contributed by atoms with Gasteiger partial charge in [0.25, 0.3) is 5.91 Å². The average Bonchev–Trinajstić information content (AvgIpc) is 3.31. The number of carbonyl (C=O) groups excluding carboxylic acids is 3. The van der Waals surface area contributed by atoms with Gasteiger partial charge in [-0.1, -0.05) is 17.7 Å². The first kappa shape index (κ1) is 21.5. The number of benzene rings is 2. The first-order valence-corrected chi connectivity index (χ1v) is 10.2. The first-order chi connectivity index (χ1) is 15.5. The molecule has 4 rings (SSSR count). The molecule has 164 valence electrons. The van der Waals surface area contributed by atoms with E-state index in [9.17, 15) is 14.4 Å². The van der Waals surface area contributed by atoms with Crippen LogP contribution in [0, 0.1) is 0 Å². The summed E-state index contributed by atoms with van der Waals surface area (Å²) in [6.07, 6.45) is 1.51. The Bertz CT molecular complexity index is 1150. The van der Waals surface area contributed by atoms with Crippen LogP contribution in [0.5, 0.6) is 11.5 Å². The summed E-state index contributed by atoms with van der Waals surface area (Å²) in [6, 6.07) is 14.9. The Morgan fingerprint density at radius 1 is 1.12 bits per heavy atom. The highest BCUT2D eigenvalue weighted by Crippen LogP contribution is 2.33. The number of fused-ring (bicyclic) bond motifs is 1. The maximum atomic E-state index is 12.6. The summed E-state index contributed by atoms with van der Waals surface area (Å²) in [5.74, 6) is 0.426. The number of halogens is 1. The second-order valence-electron chi connectivity index (χ2n) is 6.98. The summed E-state index contributed by atoms with van der Waals surface area (Å²) in [7, 11) is 0. The normalized spacial score (nSPS) is 12.7. The fraction of sp³-hybridized carbons (Fsp3) is 0.174. The van der Waals surface area contributed by atoms with E-state index in [0.29, 0.717) is 33.5 Å². The van der Waals surface area contributed by atoms with Gasteiger partial charge in [0, 0.05) is 10.6 Å². The zero-order chi connectivity index (χ0) is 22.5. The van der Waals surface area contributed by atoms with Crippen molar-refractivity contribution in [2.75, 3.05) is 24.7 Å². The van der Waals surface area contributed by atoms with E-state index < -0.39 is 0 Å². The van der Waals surface area contributed by atoms with Crippen molar-refractivity contribution in [3.63, 3.8) is 0 Å². The number of Topliss-reactive ketones (excluding diaryl/α,β-unsaturated/α-hetero) is 1. The lowest BCUT2D eigenvalue weighted by Gasteiger charge is -2.29. The minimum atomic E-state index is -0.384. The van der Waals surface area contributed by atoms with Crippen LogP contribution in [0.25, 0.3) is 0 Å². The highest BCUT2D eigenvalue weighted by molar-refractivity contribution is 6.30. The van der Waals surface area contributed by atoms with Crippen LogP contribution in [0.4, 0.5) is 5.69 Å². The minimum Gasteiger partial charge on any atom is -0.485 e. The van der Waals surface area contributed by atoms with Gasteiger partial charge in [0.1, 0.15) is 23.8 Å². The molecule has 1 aliphatic rings. The molecule has 0 saturated heterocycles. The fourth-order valence-electron chi connectivity index (χ4n) is 3.14. The van der Waals surface area contributed by atoms with Crippen molar-refractivity contribution < 1.29 is 28.3 Å². The van der Waals surface area contributed by atoms with E-state index in [1.54, 1.807) is 48.5 Å². The van der Waals surface area contributed by atoms with Crippen molar-refractivity contribution in [3.8, 4) is 11.5 Å². The maximum absolute atomic E-state index is 12.6. The Morgan fingerprint density at radius 3 is 2.78 bits per heavy atom. The number of nitrogens with one attached hydrogen (secondary N) is 1. The number of hydrogen-bond acceptors (Lipinski definition) is 6. The quantitative estimate of drug-likeness (QED) is 0.525. The molecule has 0 unspecified atom stereocenters. The predicted octanol–water partition coefficient (Wildman–Crippen LogP) is 3.24. The van der Waals surface area contributed by atoms with Gasteiger partial charge >= 0.3 is 0 Å². The number of ketones is 1. The zero-order valence-corrected chi connectivity index (χ0v) is 17.6. The van der Waals surface area contributed by atoms with E-state index >= 15 is 0 Å². The van der Waals surface area contributed by atoms with Gasteiger partial charge in [0.15, 0.2) is 19.0 Å². The van der Waals surface area contributed by atoms with Gasteiger partial charge in [0.2, 0.25) is 5.91 Å². The monoisotopic (exact) mass is 454 g/mol. The topological polar surface area (TPSA) is 98.1 Å². The van der Waals surface area contributed by atoms with Crippen LogP contribution in [0.2, 0.25) is 5.02 Å². The minimum absolute atomic E-state index is 0.191. The Labute approximate surface area is 188 Å². The van der Waals surface area contributed by atoms with Crippen LogP contribution in [-0.4, -0.2) is 37.4 Å². The molecular weight excluding hydrogens is 436 g/mol. The summed E-state index contributed by atoms with van der Waals surface area (Å²) < 4.78 is 16.1. The Balaban J connectivity index is 1.45. The SMILES string of the molecule is O=C(CN1C(=O)COc2ccc(C(=O)COc3cccc(Cl)c3)cc21)NCc1ccco1. The molecule has 0 aliphatic carbocycles. The van der Waals surface area contributed by atoms with Gasteiger partial charge in [-0.25, -0.2) is 0 Å². The van der Waals surface area contributed by atoms with Gasteiger partial charge in [0.05, 0.1) is 18.5 Å². The van der Waals surface area contributed by atoms with E-state index in [0.717, 1.165) is 0 Å². The van der Waals surface area contributed by atoms with Gasteiger partial charge in [-0.3, -0.25) is 19.3 Å². The standard InChI is InChI=1S/C23H19ClN2O6/c24-16-3-1-4-17(10-16)31-13-20(27)15-6-7-21-19(9-15)26(23(29)14-32-21)12-22(28)25-11-18-5-2-8-30-18/h1-10H,11-14H2,(H,25,28).